The molecule has 1 aromatic heterocycles. The molecule has 0 saturated heterocycles. The fourth-order valence-electron chi connectivity index (χ4n) is 3.51. The average molecular weight is 398 g/mol. The molecule has 1 heterocycles. The molecular formula is C23H27NO3S. The third kappa shape index (κ3) is 4.71. The lowest BCUT2D eigenvalue weighted by Crippen LogP contribution is -2.16. The first-order valence-electron chi connectivity index (χ1n) is 9.89. The van der Waals surface area contributed by atoms with E-state index in [-0.39, 0.29) is 11.9 Å². The van der Waals surface area contributed by atoms with Crippen molar-refractivity contribution in [3.63, 3.8) is 0 Å². The molecule has 1 N–H and O–H groups in total. The zero-order valence-electron chi connectivity index (χ0n) is 16.7. The molecule has 0 bridgehead atoms. The number of carbonyl (C=O) groups excluding carboxylic acids is 2. The molecule has 1 atom stereocenters. The number of amides is 1. The monoisotopic (exact) mass is 397 g/mol. The number of carbonyl (C=O) groups is 2. The van der Waals surface area contributed by atoms with E-state index < -0.39 is 0 Å². The van der Waals surface area contributed by atoms with Crippen molar-refractivity contribution in [3.05, 3.63) is 57.5 Å². The smallest absolute Gasteiger partial charge is 0.341 e. The fourth-order valence-corrected chi connectivity index (χ4v) is 4.87. The van der Waals surface area contributed by atoms with Crippen molar-refractivity contribution in [1.29, 1.82) is 0 Å². The normalized spacial score (nSPS) is 16.0. The first kappa shape index (κ1) is 20.3. The Kier molecular flexibility index (Phi) is 6.68. The largest absolute Gasteiger partial charge is 0.462 e. The molecule has 1 aliphatic rings. The second kappa shape index (κ2) is 9.20. The van der Waals surface area contributed by atoms with Gasteiger partial charge in [-0.05, 0) is 56.2 Å². The molecule has 1 aromatic carbocycles. The SMILES string of the molecule is CCOC(=O)c1c(NC(=O)/C=C/c2ccc(C)cc2)sc2c1CC[C@@H](CC)C2. The van der Waals surface area contributed by atoms with E-state index in [0.717, 1.165) is 36.8 Å². The highest BCUT2D eigenvalue weighted by Gasteiger charge is 2.29. The average Bonchev–Trinajstić information content (AvgIpc) is 3.04. The highest BCUT2D eigenvalue weighted by Crippen LogP contribution is 2.40. The predicted molar refractivity (Wildman–Crippen MR) is 115 cm³/mol. The van der Waals surface area contributed by atoms with E-state index in [4.69, 9.17) is 4.74 Å². The number of esters is 1. The molecule has 148 valence electrons. The summed E-state index contributed by atoms with van der Waals surface area (Å²) in [5.41, 5.74) is 3.75. The van der Waals surface area contributed by atoms with Crippen LogP contribution in [0, 0.1) is 12.8 Å². The van der Waals surface area contributed by atoms with Crippen LogP contribution in [0.15, 0.2) is 30.3 Å². The second-order valence-electron chi connectivity index (χ2n) is 7.18. The van der Waals surface area contributed by atoms with Gasteiger partial charge in [-0.25, -0.2) is 4.79 Å². The number of hydrogen-bond donors (Lipinski definition) is 1. The van der Waals surface area contributed by atoms with Gasteiger partial charge in [-0.15, -0.1) is 11.3 Å². The maximum Gasteiger partial charge on any atom is 0.341 e. The highest BCUT2D eigenvalue weighted by atomic mass is 32.1. The van der Waals surface area contributed by atoms with Gasteiger partial charge in [-0.3, -0.25) is 4.79 Å². The number of fused-ring (bicyclic) bond motifs is 1. The zero-order chi connectivity index (χ0) is 20.1. The molecule has 3 rings (SSSR count). The van der Waals surface area contributed by atoms with Gasteiger partial charge in [0.1, 0.15) is 5.00 Å². The van der Waals surface area contributed by atoms with Gasteiger partial charge in [0.15, 0.2) is 0 Å². The minimum Gasteiger partial charge on any atom is -0.462 e. The van der Waals surface area contributed by atoms with Crippen LogP contribution in [0.4, 0.5) is 5.00 Å². The molecule has 5 heteroatoms. The van der Waals surface area contributed by atoms with Crippen molar-refractivity contribution in [1.82, 2.24) is 0 Å². The van der Waals surface area contributed by atoms with Gasteiger partial charge >= 0.3 is 5.97 Å². The molecule has 4 nitrogen and oxygen atoms in total. The summed E-state index contributed by atoms with van der Waals surface area (Å²) in [7, 11) is 0. The van der Waals surface area contributed by atoms with Gasteiger partial charge in [0.2, 0.25) is 5.91 Å². The minimum atomic E-state index is -0.340. The van der Waals surface area contributed by atoms with Crippen molar-refractivity contribution in [2.75, 3.05) is 11.9 Å². The molecular weight excluding hydrogens is 370 g/mol. The number of aryl methyl sites for hydroxylation is 1. The molecule has 0 unspecified atom stereocenters. The second-order valence-corrected chi connectivity index (χ2v) is 8.28. The number of hydrogen-bond acceptors (Lipinski definition) is 4. The Morgan fingerprint density at radius 1 is 1.25 bits per heavy atom. The molecule has 2 aromatic rings. The third-order valence-electron chi connectivity index (χ3n) is 5.17. The fraction of sp³-hybridized carbons (Fsp3) is 0.391. The number of benzene rings is 1. The van der Waals surface area contributed by atoms with Crippen LogP contribution in [0.5, 0.6) is 0 Å². The highest BCUT2D eigenvalue weighted by molar-refractivity contribution is 7.17. The van der Waals surface area contributed by atoms with Crippen LogP contribution in [-0.4, -0.2) is 18.5 Å². The van der Waals surface area contributed by atoms with Crippen LogP contribution in [0.2, 0.25) is 0 Å². The third-order valence-corrected chi connectivity index (χ3v) is 6.34. The number of rotatable bonds is 6. The van der Waals surface area contributed by atoms with E-state index in [0.29, 0.717) is 23.1 Å². The lowest BCUT2D eigenvalue weighted by Gasteiger charge is -2.20. The van der Waals surface area contributed by atoms with E-state index in [1.54, 1.807) is 13.0 Å². The van der Waals surface area contributed by atoms with Crippen LogP contribution in [-0.2, 0) is 22.4 Å². The van der Waals surface area contributed by atoms with Gasteiger partial charge < -0.3 is 10.1 Å². The van der Waals surface area contributed by atoms with E-state index in [2.05, 4.69) is 12.2 Å². The van der Waals surface area contributed by atoms with Gasteiger partial charge in [0, 0.05) is 11.0 Å². The number of nitrogens with one attached hydrogen (secondary N) is 1. The van der Waals surface area contributed by atoms with Crippen LogP contribution in [0.3, 0.4) is 0 Å². The molecule has 0 spiro atoms. The standard InChI is InChI=1S/C23H27NO3S/c1-4-16-10-12-18-19(14-16)28-22(21(18)23(26)27-5-2)24-20(25)13-11-17-8-6-15(3)7-9-17/h6-9,11,13,16H,4-5,10,12,14H2,1-3H3,(H,24,25)/b13-11+/t16-/m1/s1. The van der Waals surface area contributed by atoms with Crippen LogP contribution >= 0.6 is 11.3 Å². The molecule has 28 heavy (non-hydrogen) atoms. The number of anilines is 1. The van der Waals surface area contributed by atoms with Crippen molar-refractivity contribution >= 4 is 34.3 Å². The Morgan fingerprint density at radius 3 is 2.68 bits per heavy atom. The molecule has 0 fully saturated rings. The Labute approximate surface area is 170 Å². The van der Waals surface area contributed by atoms with Crippen LogP contribution < -0.4 is 5.32 Å². The van der Waals surface area contributed by atoms with Crippen LogP contribution in [0.25, 0.3) is 6.08 Å². The van der Waals surface area contributed by atoms with Gasteiger partial charge in [-0.1, -0.05) is 43.2 Å². The van der Waals surface area contributed by atoms with Crippen molar-refractivity contribution in [2.24, 2.45) is 5.92 Å². The first-order valence-corrected chi connectivity index (χ1v) is 10.7. The number of ether oxygens (including phenoxy) is 1. The zero-order valence-corrected chi connectivity index (χ0v) is 17.5. The van der Waals surface area contributed by atoms with E-state index in [1.807, 2.05) is 31.2 Å². The van der Waals surface area contributed by atoms with E-state index in [9.17, 15) is 9.59 Å². The lowest BCUT2D eigenvalue weighted by molar-refractivity contribution is -0.111. The predicted octanol–water partition coefficient (Wildman–Crippen LogP) is 5.40. The van der Waals surface area contributed by atoms with E-state index in [1.165, 1.54) is 27.9 Å². The van der Waals surface area contributed by atoms with Crippen molar-refractivity contribution < 1.29 is 14.3 Å². The summed E-state index contributed by atoms with van der Waals surface area (Å²) < 4.78 is 5.27. The Hall–Kier alpha value is -2.40. The number of thiophene rings is 1. The molecule has 0 radical (unpaired) electrons. The molecule has 1 amide bonds. The Bertz CT molecular complexity index is 880. The van der Waals surface area contributed by atoms with Gasteiger partial charge in [0.05, 0.1) is 12.2 Å². The Morgan fingerprint density at radius 2 is 2.00 bits per heavy atom. The quantitative estimate of drug-likeness (QED) is 0.524. The van der Waals surface area contributed by atoms with Crippen molar-refractivity contribution in [2.45, 2.75) is 46.5 Å². The maximum atomic E-state index is 12.6. The topological polar surface area (TPSA) is 55.4 Å². The van der Waals surface area contributed by atoms with Crippen LogP contribution in [0.1, 0.15) is 58.6 Å². The lowest BCUT2D eigenvalue weighted by atomic mass is 9.85. The van der Waals surface area contributed by atoms with Crippen molar-refractivity contribution in [3.8, 4) is 0 Å². The maximum absolute atomic E-state index is 12.6. The molecule has 0 saturated carbocycles. The molecule has 1 aliphatic carbocycles. The summed E-state index contributed by atoms with van der Waals surface area (Å²) in [6.45, 7) is 6.35. The summed E-state index contributed by atoms with van der Waals surface area (Å²) in [5, 5.41) is 3.52. The summed E-state index contributed by atoms with van der Waals surface area (Å²) >= 11 is 1.52. The Balaban J connectivity index is 1.82. The van der Waals surface area contributed by atoms with Gasteiger partial charge in [-0.2, -0.15) is 0 Å². The summed E-state index contributed by atoms with van der Waals surface area (Å²) in [6, 6.07) is 7.96. The van der Waals surface area contributed by atoms with E-state index >= 15 is 0 Å². The van der Waals surface area contributed by atoms with Gasteiger partial charge in [0.25, 0.3) is 0 Å². The summed E-state index contributed by atoms with van der Waals surface area (Å²) in [5.74, 6) is 0.0655. The first-order chi connectivity index (χ1) is 13.5. The summed E-state index contributed by atoms with van der Waals surface area (Å²) in [6.07, 6.45) is 7.33. The minimum absolute atomic E-state index is 0.239. The summed E-state index contributed by atoms with van der Waals surface area (Å²) in [4.78, 5) is 26.2. The molecule has 0 aliphatic heterocycles.